The van der Waals surface area contributed by atoms with Crippen LogP contribution in [-0.2, 0) is 9.53 Å². The second-order valence-corrected chi connectivity index (χ2v) is 6.42. The fourth-order valence-corrected chi connectivity index (χ4v) is 2.41. The summed E-state index contributed by atoms with van der Waals surface area (Å²) < 4.78 is 5.16. The van der Waals surface area contributed by atoms with Gasteiger partial charge in [0.1, 0.15) is 11.4 Å². The number of hydrogen-bond acceptors (Lipinski definition) is 4. The van der Waals surface area contributed by atoms with E-state index >= 15 is 0 Å². The third kappa shape index (κ3) is 5.82. The molecule has 1 unspecified atom stereocenters. The average Bonchev–Trinajstić information content (AvgIpc) is 2.26. The van der Waals surface area contributed by atoms with E-state index in [-0.39, 0.29) is 11.8 Å². The van der Waals surface area contributed by atoms with Gasteiger partial charge in [-0.05, 0) is 54.0 Å². The Morgan fingerprint density at radius 1 is 1.25 bits per heavy atom. The molecule has 1 rings (SSSR count). The highest BCUT2D eigenvalue weighted by Crippen LogP contribution is 2.17. The van der Waals surface area contributed by atoms with Crippen LogP contribution in [0.2, 0.25) is 0 Å². The maximum atomic E-state index is 11.6. The number of carbonyl (C=O) groups excluding carboxylic acids is 2. The smallest absolute Gasteiger partial charge is 0.434 e. The highest BCUT2D eigenvalue weighted by atomic mass is 16.6. The maximum absolute atomic E-state index is 11.6. The summed E-state index contributed by atoms with van der Waals surface area (Å²) in [7, 11) is 0. The van der Waals surface area contributed by atoms with Crippen LogP contribution in [-0.4, -0.2) is 47.2 Å². The fourth-order valence-electron chi connectivity index (χ4n) is 2.41. The predicted molar refractivity (Wildman–Crippen MR) is 79.2 cm³/mol. The van der Waals surface area contributed by atoms with Crippen molar-refractivity contribution in [3.05, 3.63) is 0 Å². The minimum absolute atomic E-state index is 0.0347. The van der Waals surface area contributed by atoms with Crippen LogP contribution in [0.1, 0.15) is 53.9 Å². The minimum atomic E-state index is -0.564. The molecule has 0 saturated carbocycles. The lowest BCUT2D eigenvalue weighted by atomic mass is 9.99. The third-order valence-corrected chi connectivity index (χ3v) is 3.19. The number of amides is 1. The Morgan fingerprint density at radius 2 is 1.90 bits per heavy atom. The SMILES string of the molecule is CC(=O)C1CCCCN1C/C(C)=N\C(=O)OC(C)(C)C. The molecule has 0 bridgehead atoms. The topological polar surface area (TPSA) is 59.0 Å². The molecule has 0 spiro atoms. The monoisotopic (exact) mass is 282 g/mol. The highest BCUT2D eigenvalue weighted by molar-refractivity contribution is 5.93. The number of likely N-dealkylation sites (tertiary alicyclic amines) is 1. The Morgan fingerprint density at radius 3 is 2.45 bits per heavy atom. The molecule has 5 nitrogen and oxygen atoms in total. The normalized spacial score (nSPS) is 21.6. The first-order valence-electron chi connectivity index (χ1n) is 7.20. The summed E-state index contributed by atoms with van der Waals surface area (Å²) in [5.41, 5.74) is 0.154. The number of Topliss-reactive ketones (excluding diaryl/α,β-unsaturated/α-hetero) is 1. The molecule has 0 aliphatic carbocycles. The van der Waals surface area contributed by atoms with Crippen molar-refractivity contribution in [1.29, 1.82) is 0 Å². The first kappa shape index (κ1) is 16.8. The Balaban J connectivity index is 2.61. The van der Waals surface area contributed by atoms with E-state index in [1.54, 1.807) is 13.8 Å². The molecule has 0 radical (unpaired) electrons. The van der Waals surface area contributed by atoms with Crippen LogP contribution >= 0.6 is 0 Å². The van der Waals surface area contributed by atoms with Crippen molar-refractivity contribution in [2.24, 2.45) is 4.99 Å². The molecule has 0 aromatic heterocycles. The van der Waals surface area contributed by atoms with Gasteiger partial charge < -0.3 is 4.74 Å². The van der Waals surface area contributed by atoms with Crippen molar-refractivity contribution in [1.82, 2.24) is 4.90 Å². The molecule has 1 saturated heterocycles. The molecule has 114 valence electrons. The van der Waals surface area contributed by atoms with Gasteiger partial charge in [-0.15, -0.1) is 0 Å². The molecule has 5 heteroatoms. The zero-order valence-electron chi connectivity index (χ0n) is 13.2. The van der Waals surface area contributed by atoms with Crippen molar-refractivity contribution in [2.75, 3.05) is 13.1 Å². The van der Waals surface area contributed by atoms with Gasteiger partial charge in [0.15, 0.2) is 0 Å². The Labute approximate surface area is 121 Å². The molecule has 1 atom stereocenters. The number of nitrogens with zero attached hydrogens (tertiary/aromatic N) is 2. The van der Waals surface area contributed by atoms with Crippen LogP contribution < -0.4 is 0 Å². The van der Waals surface area contributed by atoms with Gasteiger partial charge in [-0.25, -0.2) is 4.79 Å². The molecule has 1 heterocycles. The maximum Gasteiger partial charge on any atom is 0.434 e. The first-order chi connectivity index (χ1) is 9.19. The van der Waals surface area contributed by atoms with Gasteiger partial charge in [-0.2, -0.15) is 4.99 Å². The molecular formula is C15H26N2O3. The summed E-state index contributed by atoms with van der Waals surface area (Å²) in [4.78, 5) is 29.3. The fraction of sp³-hybridized carbons (Fsp3) is 0.800. The summed E-state index contributed by atoms with van der Waals surface area (Å²) in [5.74, 6) is 0.190. The van der Waals surface area contributed by atoms with Crippen LogP contribution in [0, 0.1) is 0 Å². The standard InChI is InChI=1S/C15H26N2O3/c1-11(16-14(19)20-15(3,4)5)10-17-9-7-6-8-13(17)12(2)18/h13H,6-10H2,1-5H3/b16-11-. The van der Waals surface area contributed by atoms with Crippen LogP contribution in [0.4, 0.5) is 4.79 Å². The number of hydrogen-bond donors (Lipinski definition) is 0. The summed E-state index contributed by atoms with van der Waals surface area (Å²) in [5, 5.41) is 0. The van der Waals surface area contributed by atoms with Crippen LogP contribution in [0.15, 0.2) is 4.99 Å². The van der Waals surface area contributed by atoms with Crippen molar-refractivity contribution < 1.29 is 14.3 Å². The van der Waals surface area contributed by atoms with Crippen LogP contribution in [0.5, 0.6) is 0 Å². The number of piperidine rings is 1. The van der Waals surface area contributed by atoms with Crippen LogP contribution in [0.25, 0.3) is 0 Å². The second-order valence-electron chi connectivity index (χ2n) is 6.42. The van der Waals surface area contributed by atoms with Gasteiger partial charge in [-0.1, -0.05) is 6.42 Å². The largest absolute Gasteiger partial charge is 0.442 e. The van der Waals surface area contributed by atoms with Gasteiger partial charge in [0, 0.05) is 12.3 Å². The van der Waals surface area contributed by atoms with E-state index in [0.29, 0.717) is 12.3 Å². The summed E-state index contributed by atoms with van der Waals surface area (Å²) in [6.45, 7) is 10.3. The molecule has 1 amide bonds. The van der Waals surface area contributed by atoms with E-state index in [1.165, 1.54) is 0 Å². The van der Waals surface area contributed by atoms with Crippen molar-refractivity contribution in [2.45, 2.75) is 65.5 Å². The predicted octanol–water partition coefficient (Wildman–Crippen LogP) is 2.83. The van der Waals surface area contributed by atoms with E-state index in [2.05, 4.69) is 9.89 Å². The zero-order chi connectivity index (χ0) is 15.3. The minimum Gasteiger partial charge on any atom is -0.442 e. The lowest BCUT2D eigenvalue weighted by Gasteiger charge is -2.33. The molecule has 1 aliphatic heterocycles. The lowest BCUT2D eigenvalue weighted by Crippen LogP contribution is -2.45. The lowest BCUT2D eigenvalue weighted by molar-refractivity contribution is -0.122. The number of ether oxygens (including phenoxy) is 1. The van der Waals surface area contributed by atoms with Crippen molar-refractivity contribution >= 4 is 17.6 Å². The Bertz CT molecular complexity index is 396. The third-order valence-electron chi connectivity index (χ3n) is 3.19. The quantitative estimate of drug-likeness (QED) is 0.747. The van der Waals surface area contributed by atoms with Gasteiger partial charge >= 0.3 is 6.09 Å². The molecule has 0 aromatic carbocycles. The molecule has 0 N–H and O–H groups in total. The number of carbonyl (C=O) groups is 2. The Hall–Kier alpha value is -1.23. The summed E-state index contributed by atoms with van der Waals surface area (Å²) >= 11 is 0. The Kier molecular flexibility index (Phi) is 5.87. The van der Waals surface area contributed by atoms with E-state index in [1.807, 2.05) is 20.8 Å². The summed E-state index contributed by atoms with van der Waals surface area (Å²) in [6, 6.07) is -0.0347. The van der Waals surface area contributed by atoms with Gasteiger partial charge in [-0.3, -0.25) is 9.69 Å². The van der Waals surface area contributed by atoms with E-state index in [0.717, 1.165) is 25.8 Å². The van der Waals surface area contributed by atoms with Crippen LogP contribution in [0.3, 0.4) is 0 Å². The number of rotatable bonds is 3. The first-order valence-corrected chi connectivity index (χ1v) is 7.20. The number of ketones is 1. The van der Waals surface area contributed by atoms with Gasteiger partial charge in [0.2, 0.25) is 0 Å². The van der Waals surface area contributed by atoms with Gasteiger partial charge in [0.05, 0.1) is 6.04 Å². The van der Waals surface area contributed by atoms with E-state index < -0.39 is 11.7 Å². The molecular weight excluding hydrogens is 256 g/mol. The number of aliphatic imine (C=N–C) groups is 1. The highest BCUT2D eigenvalue weighted by Gasteiger charge is 2.26. The van der Waals surface area contributed by atoms with Crippen molar-refractivity contribution in [3.8, 4) is 0 Å². The van der Waals surface area contributed by atoms with Gasteiger partial charge in [0.25, 0.3) is 0 Å². The zero-order valence-corrected chi connectivity index (χ0v) is 13.2. The average molecular weight is 282 g/mol. The molecule has 0 aromatic rings. The molecule has 1 aliphatic rings. The van der Waals surface area contributed by atoms with E-state index in [9.17, 15) is 9.59 Å². The summed E-state index contributed by atoms with van der Waals surface area (Å²) in [6.07, 6.45) is 2.51. The molecule has 20 heavy (non-hydrogen) atoms. The van der Waals surface area contributed by atoms with Crippen molar-refractivity contribution in [3.63, 3.8) is 0 Å². The van der Waals surface area contributed by atoms with E-state index in [4.69, 9.17) is 4.74 Å². The second kappa shape index (κ2) is 6.97. The molecule has 1 fully saturated rings.